The second-order valence-electron chi connectivity index (χ2n) is 4.74. The molecule has 5 nitrogen and oxygen atoms in total. The van der Waals surface area contributed by atoms with Crippen molar-refractivity contribution in [2.75, 3.05) is 39.3 Å². The number of rotatable bonds is 2. The molecule has 1 N–H and O–H groups in total. The molecule has 0 radical (unpaired) electrons. The first-order chi connectivity index (χ1) is 7.60. The number of piperidine rings is 1. The van der Waals surface area contributed by atoms with Crippen molar-refractivity contribution in [2.45, 2.75) is 19.8 Å². The summed E-state index contributed by atoms with van der Waals surface area (Å²) in [7, 11) is -3.18. The Hall–Kier alpha value is 0.120. The summed E-state index contributed by atoms with van der Waals surface area (Å²) < 4.78 is 27.8. The topological polar surface area (TPSA) is 52.7 Å². The van der Waals surface area contributed by atoms with Crippen molar-refractivity contribution < 1.29 is 22.3 Å². The van der Waals surface area contributed by atoms with Crippen LogP contribution in [0.4, 0.5) is 0 Å². The van der Waals surface area contributed by atoms with Gasteiger partial charge in [0.1, 0.15) is 0 Å². The minimum Gasteiger partial charge on any atom is -1.00 e. The Morgan fingerprint density at radius 2 is 1.53 bits per heavy atom. The maximum atomic E-state index is 12.3. The van der Waals surface area contributed by atoms with E-state index in [9.17, 15) is 8.42 Å². The van der Waals surface area contributed by atoms with E-state index in [1.807, 2.05) is 0 Å². The molecule has 2 aliphatic rings. The maximum Gasteiger partial charge on any atom is 0.282 e. The van der Waals surface area contributed by atoms with Gasteiger partial charge in [0.2, 0.25) is 0 Å². The van der Waals surface area contributed by atoms with Crippen molar-refractivity contribution in [3.05, 3.63) is 0 Å². The van der Waals surface area contributed by atoms with Crippen LogP contribution in [0.1, 0.15) is 21.2 Å². The molecule has 0 aliphatic carbocycles. The zero-order valence-electron chi connectivity index (χ0n) is 10.2. The normalized spacial score (nSPS) is 25.5. The highest BCUT2D eigenvalue weighted by Crippen LogP contribution is 2.20. The Bertz CT molecular complexity index is 328. The van der Waals surface area contributed by atoms with Gasteiger partial charge in [0.05, 0.1) is 0 Å². The molecule has 0 atom stereocenters. The molecule has 104 valence electrons. The Balaban J connectivity index is 0.00000144. The number of hydrogen-bond donors (Lipinski definition) is 1. The number of halogens is 1. The molecule has 2 aliphatic heterocycles. The standard InChI is InChI=1S/C10H21N3O2S.ClH.H2/c1-10-2-6-12(7-3-10)16(14,15)13-8-4-11-5-9-13;;/h10-11H,2-9H2,1H3;2*1H/p-1. The quantitative estimate of drug-likeness (QED) is 0.593. The molecule has 0 aromatic rings. The first-order valence-corrected chi connectivity index (χ1v) is 7.46. The molecule has 0 spiro atoms. The molecule has 17 heavy (non-hydrogen) atoms. The fourth-order valence-corrected chi connectivity index (χ4v) is 3.90. The highest BCUT2D eigenvalue weighted by molar-refractivity contribution is 7.86. The SMILES string of the molecule is CC1CCN(S(=O)(=O)N2CCNCC2)CC1.[Cl-].[HH]. The van der Waals surface area contributed by atoms with Crippen LogP contribution >= 0.6 is 0 Å². The van der Waals surface area contributed by atoms with Crippen LogP contribution in [-0.2, 0) is 10.2 Å². The van der Waals surface area contributed by atoms with Gasteiger partial charge in [0.15, 0.2) is 0 Å². The van der Waals surface area contributed by atoms with Gasteiger partial charge in [-0.25, -0.2) is 0 Å². The number of hydrogen-bond acceptors (Lipinski definition) is 3. The number of piperazine rings is 1. The summed E-state index contributed by atoms with van der Waals surface area (Å²) in [4.78, 5) is 0. The van der Waals surface area contributed by atoms with Gasteiger partial charge in [-0.3, -0.25) is 0 Å². The van der Waals surface area contributed by atoms with Crippen LogP contribution in [0.3, 0.4) is 0 Å². The fraction of sp³-hybridized carbons (Fsp3) is 1.00. The molecule has 0 saturated carbocycles. The molecule has 2 heterocycles. The summed E-state index contributed by atoms with van der Waals surface area (Å²) >= 11 is 0. The molecule has 0 aromatic carbocycles. The lowest BCUT2D eigenvalue weighted by Gasteiger charge is -2.35. The average molecular weight is 285 g/mol. The molecule has 0 unspecified atom stereocenters. The van der Waals surface area contributed by atoms with Gasteiger partial charge in [0.25, 0.3) is 10.2 Å². The summed E-state index contributed by atoms with van der Waals surface area (Å²) in [5.74, 6) is 0.662. The molecule has 7 heteroatoms. The summed E-state index contributed by atoms with van der Waals surface area (Å²) in [6.07, 6.45) is 1.98. The van der Waals surface area contributed by atoms with Crippen molar-refractivity contribution in [3.8, 4) is 0 Å². The second kappa shape index (κ2) is 6.33. The monoisotopic (exact) mass is 284 g/mol. The van der Waals surface area contributed by atoms with Crippen LogP contribution in [0.25, 0.3) is 0 Å². The molecule has 2 fully saturated rings. The summed E-state index contributed by atoms with van der Waals surface area (Å²) in [6, 6.07) is 0. The minimum atomic E-state index is -3.18. The molecular formula is C10H23ClN3O2S-. The number of nitrogens with zero attached hydrogens (tertiary/aromatic N) is 2. The van der Waals surface area contributed by atoms with Crippen LogP contribution in [0.15, 0.2) is 0 Å². The van der Waals surface area contributed by atoms with E-state index in [4.69, 9.17) is 0 Å². The molecule has 0 bridgehead atoms. The van der Waals surface area contributed by atoms with E-state index in [1.165, 1.54) is 0 Å². The lowest BCUT2D eigenvalue weighted by atomic mass is 10.0. The van der Waals surface area contributed by atoms with Gasteiger partial charge in [-0.2, -0.15) is 17.0 Å². The van der Waals surface area contributed by atoms with Crippen molar-refractivity contribution in [3.63, 3.8) is 0 Å². The van der Waals surface area contributed by atoms with E-state index >= 15 is 0 Å². The largest absolute Gasteiger partial charge is 1.00 e. The van der Waals surface area contributed by atoms with Gasteiger partial charge in [-0.1, -0.05) is 6.92 Å². The molecule has 2 saturated heterocycles. The lowest BCUT2D eigenvalue weighted by molar-refractivity contribution is -0.00000647. The lowest BCUT2D eigenvalue weighted by Crippen LogP contribution is -3.00. The van der Waals surface area contributed by atoms with Crippen LogP contribution in [-0.4, -0.2) is 56.3 Å². The Kier molecular flexibility index (Phi) is 5.66. The van der Waals surface area contributed by atoms with Gasteiger partial charge < -0.3 is 17.7 Å². The predicted molar refractivity (Wildman–Crippen MR) is 65.4 cm³/mol. The summed E-state index contributed by atoms with van der Waals surface area (Å²) in [5.41, 5.74) is 0. The van der Waals surface area contributed by atoms with Gasteiger partial charge in [-0.15, -0.1) is 0 Å². The maximum absolute atomic E-state index is 12.3. The van der Waals surface area contributed by atoms with E-state index in [0.29, 0.717) is 32.1 Å². The minimum absolute atomic E-state index is 0. The third-order valence-corrected chi connectivity index (χ3v) is 5.51. The predicted octanol–water partition coefficient (Wildman–Crippen LogP) is -2.88. The van der Waals surface area contributed by atoms with Gasteiger partial charge >= 0.3 is 0 Å². The van der Waals surface area contributed by atoms with Crippen molar-refractivity contribution in [1.29, 1.82) is 0 Å². The van der Waals surface area contributed by atoms with E-state index in [2.05, 4.69) is 12.2 Å². The molecule has 2 rings (SSSR count). The zero-order valence-corrected chi connectivity index (χ0v) is 11.8. The Morgan fingerprint density at radius 1 is 1.06 bits per heavy atom. The number of nitrogens with one attached hydrogen (secondary N) is 1. The highest BCUT2D eigenvalue weighted by Gasteiger charge is 2.32. The molecule has 0 aromatic heterocycles. The molecule has 0 amide bonds. The summed E-state index contributed by atoms with van der Waals surface area (Å²) in [6.45, 7) is 6.31. The van der Waals surface area contributed by atoms with E-state index < -0.39 is 10.2 Å². The Labute approximate surface area is 112 Å². The van der Waals surface area contributed by atoms with Crippen LogP contribution < -0.4 is 17.7 Å². The fourth-order valence-electron chi connectivity index (χ4n) is 2.25. The third kappa shape index (κ3) is 3.54. The van der Waals surface area contributed by atoms with Gasteiger partial charge in [-0.05, 0) is 18.8 Å². The Morgan fingerprint density at radius 3 is 2.06 bits per heavy atom. The first-order valence-electron chi connectivity index (χ1n) is 6.06. The van der Waals surface area contributed by atoms with Crippen molar-refractivity contribution >= 4 is 10.2 Å². The van der Waals surface area contributed by atoms with Crippen molar-refractivity contribution in [2.24, 2.45) is 5.92 Å². The van der Waals surface area contributed by atoms with E-state index in [-0.39, 0.29) is 13.8 Å². The van der Waals surface area contributed by atoms with E-state index in [1.54, 1.807) is 8.61 Å². The van der Waals surface area contributed by atoms with E-state index in [0.717, 1.165) is 25.9 Å². The first kappa shape index (κ1) is 15.2. The third-order valence-electron chi connectivity index (χ3n) is 3.47. The van der Waals surface area contributed by atoms with Gasteiger partial charge in [0, 0.05) is 40.7 Å². The zero-order chi connectivity index (χ0) is 11.6. The summed E-state index contributed by atoms with van der Waals surface area (Å²) in [5, 5.41) is 3.17. The smallest absolute Gasteiger partial charge is 0.282 e. The highest BCUT2D eigenvalue weighted by atomic mass is 35.5. The van der Waals surface area contributed by atoms with Crippen molar-refractivity contribution in [1.82, 2.24) is 13.9 Å². The average Bonchev–Trinajstić information content (AvgIpc) is 2.31. The van der Waals surface area contributed by atoms with Crippen LogP contribution in [0.2, 0.25) is 0 Å². The van der Waals surface area contributed by atoms with Crippen LogP contribution in [0.5, 0.6) is 0 Å². The van der Waals surface area contributed by atoms with Crippen LogP contribution in [0, 0.1) is 5.92 Å². The molecular weight excluding hydrogens is 262 g/mol. The second-order valence-corrected chi connectivity index (χ2v) is 6.67.